The average molecular weight is 423 g/mol. The molecule has 3 amide bonds. The van der Waals surface area contributed by atoms with Gasteiger partial charge in [0.15, 0.2) is 0 Å². The fourth-order valence-electron chi connectivity index (χ4n) is 4.44. The Kier molecular flexibility index (Phi) is 9.62. The molecule has 3 N–H and O–H groups in total. The zero-order chi connectivity index (χ0) is 22.0. The van der Waals surface area contributed by atoms with Crippen molar-refractivity contribution in [2.45, 2.75) is 69.9 Å². The maximum Gasteiger partial charge on any atom is 0.407 e. The molecular weight excluding hydrogens is 384 g/mol. The molecule has 1 aliphatic carbocycles. The van der Waals surface area contributed by atoms with Crippen molar-refractivity contribution in [3.8, 4) is 0 Å². The molecule has 1 aliphatic heterocycles. The summed E-state index contributed by atoms with van der Waals surface area (Å²) in [6.45, 7) is 3.35. The maximum atomic E-state index is 12.7. The van der Waals surface area contributed by atoms with E-state index in [9.17, 15) is 14.4 Å². The molecule has 170 valence electrons. The minimum Gasteiger partial charge on any atom is -0.453 e. The largest absolute Gasteiger partial charge is 0.453 e. The first-order valence-corrected chi connectivity index (χ1v) is 11.2. The van der Waals surface area contributed by atoms with Gasteiger partial charge in [-0.25, -0.2) is 4.79 Å². The summed E-state index contributed by atoms with van der Waals surface area (Å²) in [5.41, 5.74) is -0.600. The fourth-order valence-corrected chi connectivity index (χ4v) is 4.44. The van der Waals surface area contributed by atoms with Crippen molar-refractivity contribution in [3.05, 3.63) is 12.2 Å². The number of likely N-dealkylation sites (N-methyl/N-ethyl adjacent to an activating group) is 1. The van der Waals surface area contributed by atoms with Gasteiger partial charge in [-0.05, 0) is 38.5 Å². The van der Waals surface area contributed by atoms with Crippen LogP contribution in [-0.4, -0.2) is 68.2 Å². The summed E-state index contributed by atoms with van der Waals surface area (Å²) >= 11 is 0. The zero-order valence-electron chi connectivity index (χ0n) is 18.7. The van der Waals surface area contributed by atoms with Gasteiger partial charge in [0.05, 0.1) is 7.11 Å². The number of likely N-dealkylation sites (tertiary alicyclic amines) is 1. The van der Waals surface area contributed by atoms with E-state index >= 15 is 0 Å². The van der Waals surface area contributed by atoms with Gasteiger partial charge in [0, 0.05) is 32.1 Å². The molecule has 0 aromatic heterocycles. The van der Waals surface area contributed by atoms with E-state index in [1.807, 2.05) is 0 Å². The predicted octanol–water partition coefficient (Wildman–Crippen LogP) is 1.95. The van der Waals surface area contributed by atoms with Gasteiger partial charge in [-0.2, -0.15) is 0 Å². The van der Waals surface area contributed by atoms with E-state index < -0.39 is 11.6 Å². The van der Waals surface area contributed by atoms with Crippen molar-refractivity contribution in [2.24, 2.45) is 5.92 Å². The van der Waals surface area contributed by atoms with Crippen LogP contribution in [0.3, 0.4) is 0 Å². The Balaban J connectivity index is 1.94. The molecule has 0 spiro atoms. The number of nitrogens with one attached hydrogen (secondary N) is 3. The molecule has 2 rings (SSSR count). The summed E-state index contributed by atoms with van der Waals surface area (Å²) in [6, 6.07) is 0.0215. The summed E-state index contributed by atoms with van der Waals surface area (Å²) in [5, 5.41) is 8.79. The Morgan fingerprint density at radius 2 is 2.03 bits per heavy atom. The Morgan fingerprint density at radius 3 is 2.67 bits per heavy atom. The second kappa shape index (κ2) is 11.9. The second-order valence-electron chi connectivity index (χ2n) is 8.23. The van der Waals surface area contributed by atoms with E-state index in [0.717, 1.165) is 32.1 Å². The molecule has 0 aromatic rings. The van der Waals surface area contributed by atoms with Gasteiger partial charge in [0.25, 0.3) is 0 Å². The summed E-state index contributed by atoms with van der Waals surface area (Å²) in [5.74, 6) is 0.0606. The molecule has 0 radical (unpaired) electrons. The standard InChI is InChI=1S/C22H38N4O4/c1-4-5-6-7-8-10-17-12-13-22(17,20(28)23-2)25-15-18-11-9-14-26(18)19(27)16-24-21(29)30-3/h8,10,17-18,25H,4-7,9,11-16H2,1-3H3,(H,23,28)(H,24,29)/b10-8-. The first kappa shape index (κ1) is 24.2. The Bertz CT molecular complexity index is 624. The van der Waals surface area contributed by atoms with Crippen LogP contribution in [0.25, 0.3) is 0 Å². The number of allylic oxidation sites excluding steroid dienone is 1. The molecule has 2 aliphatic rings. The highest BCUT2D eigenvalue weighted by molar-refractivity contribution is 5.88. The number of ether oxygens (including phenoxy) is 1. The van der Waals surface area contributed by atoms with Crippen LogP contribution in [0, 0.1) is 5.92 Å². The quantitative estimate of drug-likeness (QED) is 0.349. The van der Waals surface area contributed by atoms with E-state index in [1.165, 1.54) is 26.4 Å². The number of amides is 3. The van der Waals surface area contributed by atoms with E-state index in [0.29, 0.717) is 13.1 Å². The van der Waals surface area contributed by atoms with Crippen LogP contribution in [0.1, 0.15) is 58.3 Å². The number of nitrogens with zero attached hydrogens (tertiary/aromatic N) is 1. The minimum absolute atomic E-state index is 0.0141. The summed E-state index contributed by atoms with van der Waals surface area (Å²) < 4.78 is 4.52. The Morgan fingerprint density at radius 1 is 1.23 bits per heavy atom. The van der Waals surface area contributed by atoms with Gasteiger partial charge in [-0.1, -0.05) is 31.9 Å². The lowest BCUT2D eigenvalue weighted by molar-refractivity contribution is -0.133. The summed E-state index contributed by atoms with van der Waals surface area (Å²) in [6.07, 6.45) is 12.0. The summed E-state index contributed by atoms with van der Waals surface area (Å²) in [7, 11) is 2.95. The van der Waals surface area contributed by atoms with Gasteiger partial charge < -0.3 is 25.6 Å². The van der Waals surface area contributed by atoms with Crippen molar-refractivity contribution in [1.82, 2.24) is 20.9 Å². The second-order valence-corrected chi connectivity index (χ2v) is 8.23. The number of methoxy groups -OCH3 is 1. The van der Waals surface area contributed by atoms with Gasteiger partial charge >= 0.3 is 6.09 Å². The zero-order valence-corrected chi connectivity index (χ0v) is 18.7. The molecule has 3 unspecified atom stereocenters. The van der Waals surface area contributed by atoms with Crippen LogP contribution in [0.4, 0.5) is 4.79 Å². The third-order valence-electron chi connectivity index (χ3n) is 6.38. The number of hydrogen-bond donors (Lipinski definition) is 3. The van der Waals surface area contributed by atoms with Crippen molar-refractivity contribution in [2.75, 3.05) is 33.8 Å². The number of hydrogen-bond acceptors (Lipinski definition) is 5. The molecule has 3 atom stereocenters. The third-order valence-corrected chi connectivity index (χ3v) is 6.38. The Hall–Kier alpha value is -2.09. The normalized spacial score (nSPS) is 25.8. The minimum atomic E-state index is -0.612. The van der Waals surface area contributed by atoms with Gasteiger partial charge in [0.2, 0.25) is 11.8 Å². The highest BCUT2D eigenvalue weighted by Crippen LogP contribution is 2.40. The van der Waals surface area contributed by atoms with Crippen LogP contribution < -0.4 is 16.0 Å². The number of alkyl carbamates (subject to hydrolysis) is 1. The molecule has 1 heterocycles. The van der Waals surface area contributed by atoms with Crippen LogP contribution in [0.15, 0.2) is 12.2 Å². The molecule has 8 heteroatoms. The molecule has 0 bridgehead atoms. The van der Waals surface area contributed by atoms with Gasteiger partial charge in [-0.3, -0.25) is 9.59 Å². The number of carbonyl (C=O) groups is 3. The molecule has 2 fully saturated rings. The third kappa shape index (κ3) is 5.97. The first-order valence-electron chi connectivity index (χ1n) is 11.2. The highest BCUT2D eigenvalue weighted by atomic mass is 16.5. The number of rotatable bonds is 11. The van der Waals surface area contributed by atoms with E-state index in [-0.39, 0.29) is 30.3 Å². The maximum absolute atomic E-state index is 12.7. The molecular formula is C22H38N4O4. The smallest absolute Gasteiger partial charge is 0.407 e. The lowest BCUT2D eigenvalue weighted by Gasteiger charge is -2.48. The topological polar surface area (TPSA) is 99.8 Å². The van der Waals surface area contributed by atoms with E-state index in [4.69, 9.17) is 0 Å². The van der Waals surface area contributed by atoms with Crippen molar-refractivity contribution in [3.63, 3.8) is 0 Å². The van der Waals surface area contributed by atoms with Crippen LogP contribution in [0.2, 0.25) is 0 Å². The SMILES string of the molecule is CCCCC/C=C\C1CCC1(NCC1CCCN1C(=O)CNC(=O)OC)C(=O)NC. The molecule has 8 nitrogen and oxygen atoms in total. The van der Waals surface area contributed by atoms with Gasteiger partial charge in [-0.15, -0.1) is 0 Å². The molecule has 0 aromatic carbocycles. The fraction of sp³-hybridized carbons (Fsp3) is 0.773. The predicted molar refractivity (Wildman–Crippen MR) is 116 cm³/mol. The van der Waals surface area contributed by atoms with Crippen molar-refractivity contribution in [1.29, 1.82) is 0 Å². The number of carbonyl (C=O) groups excluding carboxylic acids is 3. The summed E-state index contributed by atoms with van der Waals surface area (Å²) in [4.78, 5) is 38.3. The van der Waals surface area contributed by atoms with Crippen LogP contribution in [-0.2, 0) is 14.3 Å². The van der Waals surface area contributed by atoms with E-state index in [1.54, 1.807) is 11.9 Å². The van der Waals surface area contributed by atoms with Crippen molar-refractivity contribution >= 4 is 17.9 Å². The Labute approximate surface area is 180 Å². The van der Waals surface area contributed by atoms with Crippen LogP contribution in [0.5, 0.6) is 0 Å². The van der Waals surface area contributed by atoms with Crippen molar-refractivity contribution < 1.29 is 19.1 Å². The molecule has 30 heavy (non-hydrogen) atoms. The monoisotopic (exact) mass is 422 g/mol. The van der Waals surface area contributed by atoms with E-state index in [2.05, 4.69) is 39.8 Å². The average Bonchev–Trinajstić information content (AvgIpc) is 3.22. The number of unbranched alkanes of at least 4 members (excludes halogenated alkanes) is 3. The molecule has 1 saturated heterocycles. The molecule has 1 saturated carbocycles. The van der Waals surface area contributed by atoms with Crippen LogP contribution >= 0.6 is 0 Å². The lowest BCUT2D eigenvalue weighted by atomic mass is 9.65. The first-order chi connectivity index (χ1) is 14.5. The van der Waals surface area contributed by atoms with Gasteiger partial charge in [0.1, 0.15) is 12.1 Å². The highest BCUT2D eigenvalue weighted by Gasteiger charge is 2.51. The lowest BCUT2D eigenvalue weighted by Crippen LogP contribution is -2.67.